The van der Waals surface area contributed by atoms with Gasteiger partial charge in [-0.2, -0.15) is 0 Å². The molecule has 0 aromatic heterocycles. The minimum Gasteiger partial charge on any atom is -0.476 e. The Hall–Kier alpha value is -0.590. The summed E-state index contributed by atoms with van der Waals surface area (Å²) >= 11 is 7.02. The highest BCUT2D eigenvalue weighted by molar-refractivity contribution is 9.11. The predicted octanol–water partition coefficient (Wildman–Crippen LogP) is 3.79. The van der Waals surface area contributed by atoms with Crippen LogP contribution < -0.4 is 10.1 Å². The molecule has 0 saturated carbocycles. The van der Waals surface area contributed by atoms with E-state index in [4.69, 9.17) is 9.47 Å². The van der Waals surface area contributed by atoms with Crippen LogP contribution in [0.4, 0.5) is 0 Å². The topological polar surface area (TPSA) is 47.6 Å². The average molecular weight is 421 g/mol. The van der Waals surface area contributed by atoms with Crippen molar-refractivity contribution < 1.29 is 14.3 Å². The van der Waals surface area contributed by atoms with E-state index >= 15 is 0 Å². The number of halogens is 2. The van der Waals surface area contributed by atoms with Gasteiger partial charge in [0.25, 0.3) is 0 Å². The Kier molecular flexibility index (Phi) is 5.33. The molecule has 1 unspecified atom stereocenters. The molecule has 1 fully saturated rings. The summed E-state index contributed by atoms with van der Waals surface area (Å²) in [6.07, 6.45) is 0.0709. The Morgan fingerprint density at radius 1 is 1.33 bits per heavy atom. The van der Waals surface area contributed by atoms with Crippen LogP contribution in [0.3, 0.4) is 0 Å². The van der Waals surface area contributed by atoms with Crippen LogP contribution >= 0.6 is 31.9 Å². The van der Waals surface area contributed by atoms with Gasteiger partial charge in [0, 0.05) is 18.5 Å². The molecule has 0 amide bonds. The van der Waals surface area contributed by atoms with Gasteiger partial charge >= 0.3 is 5.97 Å². The zero-order valence-electron chi connectivity index (χ0n) is 12.3. The molecule has 1 N–H and O–H groups in total. The van der Waals surface area contributed by atoms with Crippen molar-refractivity contribution in [3.05, 3.63) is 26.6 Å². The number of nitrogens with one attached hydrogen (secondary N) is 1. The summed E-state index contributed by atoms with van der Waals surface area (Å²) in [6.45, 7) is 7.56. The normalized spacial score (nSPS) is 18.7. The van der Waals surface area contributed by atoms with Gasteiger partial charge in [-0.25, -0.2) is 4.79 Å². The van der Waals surface area contributed by atoms with Gasteiger partial charge in [-0.1, -0.05) is 0 Å². The molecule has 1 aromatic rings. The summed E-state index contributed by atoms with van der Waals surface area (Å²) in [6, 6.07) is 4.00. The largest absolute Gasteiger partial charge is 0.476 e. The predicted molar refractivity (Wildman–Crippen MR) is 88.4 cm³/mol. The van der Waals surface area contributed by atoms with E-state index in [1.54, 1.807) is 0 Å². The van der Waals surface area contributed by atoms with Crippen molar-refractivity contribution in [1.29, 1.82) is 0 Å². The van der Waals surface area contributed by atoms with E-state index in [2.05, 4.69) is 57.9 Å². The second-order valence-corrected chi connectivity index (χ2v) is 7.76. The number of hydrogen-bond acceptors (Lipinski definition) is 4. The van der Waals surface area contributed by atoms with Gasteiger partial charge in [-0.15, -0.1) is 0 Å². The molecule has 116 valence electrons. The molecule has 21 heavy (non-hydrogen) atoms. The van der Waals surface area contributed by atoms with E-state index in [9.17, 15) is 4.79 Å². The SMILES string of the molecule is CC(C)(C)NCc1cc(Br)c(OC2CCOC2=O)c(Br)c1. The Morgan fingerprint density at radius 2 is 1.95 bits per heavy atom. The van der Waals surface area contributed by atoms with E-state index in [0.717, 1.165) is 21.1 Å². The quantitative estimate of drug-likeness (QED) is 0.752. The molecule has 4 nitrogen and oxygen atoms in total. The smallest absolute Gasteiger partial charge is 0.347 e. The zero-order chi connectivity index (χ0) is 15.6. The third kappa shape index (κ3) is 4.69. The summed E-state index contributed by atoms with van der Waals surface area (Å²) in [7, 11) is 0. The molecule has 6 heteroatoms. The van der Waals surface area contributed by atoms with Crippen molar-refractivity contribution in [3.63, 3.8) is 0 Å². The van der Waals surface area contributed by atoms with Crippen molar-refractivity contribution >= 4 is 37.8 Å². The number of hydrogen-bond donors (Lipinski definition) is 1. The summed E-state index contributed by atoms with van der Waals surface area (Å²) < 4.78 is 12.3. The Bertz CT molecular complexity index is 517. The fourth-order valence-electron chi connectivity index (χ4n) is 1.92. The summed E-state index contributed by atoms with van der Waals surface area (Å²) in [5.41, 5.74) is 1.19. The standard InChI is InChI=1S/C15H19Br2NO3/c1-15(2,3)18-8-9-6-10(16)13(11(17)7-9)21-12-4-5-20-14(12)19/h6-7,12,18H,4-5,8H2,1-3H3. The van der Waals surface area contributed by atoms with E-state index in [-0.39, 0.29) is 11.5 Å². The van der Waals surface area contributed by atoms with Crippen molar-refractivity contribution in [2.45, 2.75) is 45.4 Å². The highest BCUT2D eigenvalue weighted by atomic mass is 79.9. The first kappa shape index (κ1) is 16.8. The van der Waals surface area contributed by atoms with Gasteiger partial charge in [0.05, 0.1) is 15.6 Å². The Labute approximate surface area is 141 Å². The molecule has 0 aliphatic carbocycles. The molecule has 2 rings (SSSR count). The first-order valence-corrected chi connectivity index (χ1v) is 8.41. The van der Waals surface area contributed by atoms with E-state index in [1.807, 2.05) is 12.1 Å². The lowest BCUT2D eigenvalue weighted by molar-refractivity contribution is -0.143. The van der Waals surface area contributed by atoms with Crippen LogP contribution in [0.25, 0.3) is 0 Å². The maximum atomic E-state index is 11.5. The molecule has 1 saturated heterocycles. The van der Waals surface area contributed by atoms with Crippen LogP contribution in [0.15, 0.2) is 21.1 Å². The van der Waals surface area contributed by atoms with Gasteiger partial charge in [0.15, 0.2) is 6.10 Å². The molecule has 1 heterocycles. The lowest BCUT2D eigenvalue weighted by atomic mass is 10.1. The van der Waals surface area contributed by atoms with Crippen LogP contribution in [0.1, 0.15) is 32.8 Å². The molecule has 0 spiro atoms. The summed E-state index contributed by atoms with van der Waals surface area (Å²) in [4.78, 5) is 11.5. The van der Waals surface area contributed by atoms with Gasteiger partial charge in [-0.3, -0.25) is 0 Å². The minimum absolute atomic E-state index is 0.0573. The van der Waals surface area contributed by atoms with E-state index in [0.29, 0.717) is 18.8 Å². The van der Waals surface area contributed by atoms with Crippen molar-refractivity contribution in [2.75, 3.05) is 6.61 Å². The fraction of sp³-hybridized carbons (Fsp3) is 0.533. The summed E-state index contributed by atoms with van der Waals surface area (Å²) in [5, 5.41) is 3.44. The molecule has 1 aliphatic heterocycles. The first-order valence-electron chi connectivity index (χ1n) is 6.82. The third-order valence-electron chi connectivity index (χ3n) is 3.03. The van der Waals surface area contributed by atoms with Gasteiger partial charge in [0.2, 0.25) is 0 Å². The van der Waals surface area contributed by atoms with E-state index < -0.39 is 6.10 Å². The second-order valence-electron chi connectivity index (χ2n) is 6.05. The lowest BCUT2D eigenvalue weighted by Gasteiger charge is -2.21. The number of carbonyl (C=O) groups excluding carboxylic acids is 1. The molecular formula is C15H19Br2NO3. The van der Waals surface area contributed by atoms with Crippen LogP contribution in [-0.2, 0) is 16.1 Å². The fourth-order valence-corrected chi connectivity index (χ4v) is 3.39. The molecule has 0 radical (unpaired) electrons. The zero-order valence-corrected chi connectivity index (χ0v) is 15.5. The van der Waals surface area contributed by atoms with Crippen molar-refractivity contribution in [2.24, 2.45) is 0 Å². The number of rotatable bonds is 4. The summed E-state index contributed by atoms with van der Waals surface area (Å²) in [5.74, 6) is 0.339. The number of esters is 1. The van der Waals surface area contributed by atoms with Gasteiger partial charge in [-0.05, 0) is 70.3 Å². The number of cyclic esters (lactones) is 1. The van der Waals surface area contributed by atoms with Crippen LogP contribution in [0.5, 0.6) is 5.75 Å². The molecule has 1 aliphatic rings. The maximum absolute atomic E-state index is 11.5. The number of benzene rings is 1. The van der Waals surface area contributed by atoms with Crippen LogP contribution in [0.2, 0.25) is 0 Å². The highest BCUT2D eigenvalue weighted by Gasteiger charge is 2.29. The van der Waals surface area contributed by atoms with E-state index in [1.165, 1.54) is 0 Å². The average Bonchev–Trinajstić information content (AvgIpc) is 2.76. The first-order chi connectivity index (χ1) is 9.76. The van der Waals surface area contributed by atoms with Gasteiger partial charge in [0.1, 0.15) is 5.75 Å². The molecule has 1 aromatic carbocycles. The second kappa shape index (κ2) is 6.67. The maximum Gasteiger partial charge on any atom is 0.347 e. The van der Waals surface area contributed by atoms with Crippen molar-refractivity contribution in [1.82, 2.24) is 5.32 Å². The highest BCUT2D eigenvalue weighted by Crippen LogP contribution is 2.36. The molecule has 1 atom stereocenters. The molecular weight excluding hydrogens is 402 g/mol. The Morgan fingerprint density at radius 3 is 2.43 bits per heavy atom. The number of carbonyl (C=O) groups is 1. The van der Waals surface area contributed by atoms with Crippen molar-refractivity contribution in [3.8, 4) is 5.75 Å². The Balaban J connectivity index is 2.11. The monoisotopic (exact) mass is 419 g/mol. The molecule has 0 bridgehead atoms. The minimum atomic E-state index is -0.517. The number of ether oxygens (including phenoxy) is 2. The third-order valence-corrected chi connectivity index (χ3v) is 4.21. The van der Waals surface area contributed by atoms with Crippen LogP contribution in [-0.4, -0.2) is 24.2 Å². The van der Waals surface area contributed by atoms with Gasteiger partial charge < -0.3 is 14.8 Å². The van der Waals surface area contributed by atoms with Crippen LogP contribution in [0, 0.1) is 0 Å². The lowest BCUT2D eigenvalue weighted by Crippen LogP contribution is -2.35.